The SMILES string of the molecule is CC1C(OCC2O[C@@H]3OC(C)(C)OC3[C@H]3OC(C)(C)O[C@@H]23)OC(COS(=O)(=O)Oc2ccc(Br)cc2)[C@@H](C)[C@@H]1C. The number of hydrogen-bond acceptors (Lipinski definition) is 11. The number of rotatable bonds is 8. The summed E-state index contributed by atoms with van der Waals surface area (Å²) in [4.78, 5) is 0. The zero-order valence-electron chi connectivity index (χ0n) is 23.8. The fourth-order valence-electron chi connectivity index (χ4n) is 5.67. The Hall–Kier alpha value is -0.870. The highest BCUT2D eigenvalue weighted by atomic mass is 79.9. The molecule has 10 atom stereocenters. The Balaban J connectivity index is 1.21. The van der Waals surface area contributed by atoms with Gasteiger partial charge in [-0.05, 0) is 63.8 Å². The van der Waals surface area contributed by atoms with Crippen molar-refractivity contribution in [2.45, 2.75) is 103 Å². The van der Waals surface area contributed by atoms with E-state index in [-0.39, 0.29) is 42.8 Å². The quantitative estimate of drug-likeness (QED) is 0.404. The topological polar surface area (TPSA) is 117 Å². The van der Waals surface area contributed by atoms with Crippen molar-refractivity contribution in [3.05, 3.63) is 28.7 Å². The van der Waals surface area contributed by atoms with Crippen LogP contribution in [0.4, 0.5) is 0 Å². The Morgan fingerprint density at radius 1 is 0.775 bits per heavy atom. The summed E-state index contributed by atoms with van der Waals surface area (Å²) in [5, 5.41) is 0. The number of benzene rings is 1. The molecule has 4 aliphatic rings. The molecule has 1 aromatic rings. The summed E-state index contributed by atoms with van der Waals surface area (Å²) in [6.07, 6.45) is -3.52. The third-order valence-corrected chi connectivity index (χ3v) is 9.40. The monoisotopic (exact) mass is 650 g/mol. The van der Waals surface area contributed by atoms with Gasteiger partial charge in [-0.2, -0.15) is 8.42 Å². The minimum Gasteiger partial charge on any atom is -0.362 e. The normalized spacial score (nSPS) is 40.4. The van der Waals surface area contributed by atoms with Crippen molar-refractivity contribution in [3.63, 3.8) is 0 Å². The smallest absolute Gasteiger partial charge is 0.362 e. The van der Waals surface area contributed by atoms with Gasteiger partial charge in [0.1, 0.15) is 30.2 Å². The number of hydrogen-bond donors (Lipinski definition) is 0. The first-order valence-electron chi connectivity index (χ1n) is 13.6. The summed E-state index contributed by atoms with van der Waals surface area (Å²) >= 11 is 3.31. The molecule has 226 valence electrons. The van der Waals surface area contributed by atoms with Crippen LogP contribution in [-0.2, 0) is 47.7 Å². The molecule has 0 bridgehead atoms. The van der Waals surface area contributed by atoms with Gasteiger partial charge in [0.25, 0.3) is 0 Å². The van der Waals surface area contributed by atoms with Crippen molar-refractivity contribution in [1.29, 1.82) is 0 Å². The number of ether oxygens (including phenoxy) is 7. The molecule has 0 aromatic heterocycles. The van der Waals surface area contributed by atoms with Crippen LogP contribution in [0.2, 0.25) is 0 Å². The van der Waals surface area contributed by atoms with Gasteiger partial charge >= 0.3 is 10.4 Å². The summed E-state index contributed by atoms with van der Waals surface area (Å²) in [5.41, 5.74) is 0. The molecular weight excluding hydrogens is 612 g/mol. The van der Waals surface area contributed by atoms with Gasteiger partial charge in [0.05, 0.1) is 19.3 Å². The molecule has 13 heteroatoms. The maximum Gasteiger partial charge on any atom is 0.449 e. The van der Waals surface area contributed by atoms with Crippen molar-refractivity contribution in [2.75, 3.05) is 13.2 Å². The molecule has 4 saturated heterocycles. The van der Waals surface area contributed by atoms with Crippen LogP contribution < -0.4 is 4.18 Å². The average Bonchev–Trinajstić information content (AvgIpc) is 3.36. The third kappa shape index (κ3) is 6.69. The molecule has 11 nitrogen and oxygen atoms in total. The summed E-state index contributed by atoms with van der Waals surface area (Å²) in [6, 6.07) is 6.42. The summed E-state index contributed by atoms with van der Waals surface area (Å²) in [6.45, 7) is 13.5. The maximum atomic E-state index is 12.5. The van der Waals surface area contributed by atoms with Gasteiger partial charge in [0.2, 0.25) is 0 Å². The predicted octanol–water partition coefficient (Wildman–Crippen LogP) is 4.14. The van der Waals surface area contributed by atoms with E-state index in [1.807, 2.05) is 41.5 Å². The second kappa shape index (κ2) is 11.3. The van der Waals surface area contributed by atoms with E-state index in [4.69, 9.17) is 41.5 Å². The molecule has 0 saturated carbocycles. The van der Waals surface area contributed by atoms with Crippen LogP contribution >= 0.6 is 15.9 Å². The Morgan fingerprint density at radius 3 is 2.10 bits per heavy atom. The van der Waals surface area contributed by atoms with Gasteiger partial charge in [-0.1, -0.05) is 36.7 Å². The minimum absolute atomic E-state index is 0.00688. The van der Waals surface area contributed by atoms with E-state index in [1.54, 1.807) is 12.1 Å². The van der Waals surface area contributed by atoms with Crippen molar-refractivity contribution < 1.29 is 49.9 Å². The molecule has 0 spiro atoms. The minimum atomic E-state index is -4.30. The number of fused-ring (bicyclic) bond motifs is 3. The van der Waals surface area contributed by atoms with Crippen LogP contribution in [0, 0.1) is 17.8 Å². The molecule has 5 rings (SSSR count). The van der Waals surface area contributed by atoms with E-state index in [0.29, 0.717) is 0 Å². The molecule has 0 aliphatic carbocycles. The molecule has 5 unspecified atom stereocenters. The van der Waals surface area contributed by atoms with Gasteiger partial charge in [-0.25, -0.2) is 4.18 Å². The second-order valence-corrected chi connectivity index (χ2v) is 14.0. The van der Waals surface area contributed by atoms with E-state index in [0.717, 1.165) is 4.47 Å². The lowest BCUT2D eigenvalue weighted by molar-refractivity contribution is -0.285. The number of halogens is 1. The molecule has 0 amide bonds. The van der Waals surface area contributed by atoms with Crippen LogP contribution in [0.1, 0.15) is 48.5 Å². The molecule has 4 aliphatic heterocycles. The Kier molecular flexibility index (Phi) is 8.66. The lowest BCUT2D eigenvalue weighted by Crippen LogP contribution is -2.57. The second-order valence-electron chi connectivity index (χ2n) is 11.9. The highest BCUT2D eigenvalue weighted by Gasteiger charge is 2.60. The van der Waals surface area contributed by atoms with E-state index in [1.165, 1.54) is 12.1 Å². The van der Waals surface area contributed by atoms with Gasteiger partial charge in [-0.15, -0.1) is 0 Å². The highest BCUT2D eigenvalue weighted by Crippen LogP contribution is 2.44. The largest absolute Gasteiger partial charge is 0.449 e. The van der Waals surface area contributed by atoms with Crippen molar-refractivity contribution in [3.8, 4) is 5.75 Å². The van der Waals surface area contributed by atoms with Crippen molar-refractivity contribution in [2.24, 2.45) is 17.8 Å². The Morgan fingerprint density at radius 2 is 1.40 bits per heavy atom. The van der Waals surface area contributed by atoms with E-state index < -0.39 is 59.0 Å². The van der Waals surface area contributed by atoms with Crippen LogP contribution in [0.25, 0.3) is 0 Å². The van der Waals surface area contributed by atoms with Gasteiger partial charge < -0.3 is 37.3 Å². The van der Waals surface area contributed by atoms with Gasteiger partial charge in [-0.3, -0.25) is 0 Å². The van der Waals surface area contributed by atoms with Crippen LogP contribution in [0.5, 0.6) is 5.75 Å². The van der Waals surface area contributed by atoms with Gasteiger partial charge in [0.15, 0.2) is 24.2 Å². The summed E-state index contributed by atoms with van der Waals surface area (Å²) < 4.78 is 79.2. The highest BCUT2D eigenvalue weighted by molar-refractivity contribution is 9.10. The first-order chi connectivity index (χ1) is 18.6. The zero-order valence-corrected chi connectivity index (χ0v) is 26.2. The molecule has 0 radical (unpaired) electrons. The first kappa shape index (κ1) is 30.6. The molecule has 0 N–H and O–H groups in total. The van der Waals surface area contributed by atoms with E-state index in [9.17, 15) is 8.42 Å². The fraction of sp³-hybridized carbons (Fsp3) is 0.778. The molecular formula is C27H39BrO11S. The Labute approximate surface area is 244 Å². The van der Waals surface area contributed by atoms with Crippen molar-refractivity contribution >= 4 is 26.3 Å². The van der Waals surface area contributed by atoms with Crippen LogP contribution in [0.15, 0.2) is 28.7 Å². The van der Waals surface area contributed by atoms with E-state index in [2.05, 4.69) is 22.9 Å². The van der Waals surface area contributed by atoms with Crippen molar-refractivity contribution in [1.82, 2.24) is 0 Å². The lowest BCUT2D eigenvalue weighted by atomic mass is 9.79. The Bertz CT molecular complexity index is 1140. The zero-order chi connectivity index (χ0) is 29.0. The molecule has 40 heavy (non-hydrogen) atoms. The van der Waals surface area contributed by atoms with Gasteiger partial charge in [0, 0.05) is 10.4 Å². The molecule has 4 heterocycles. The predicted molar refractivity (Wildman–Crippen MR) is 144 cm³/mol. The average molecular weight is 652 g/mol. The first-order valence-corrected chi connectivity index (χ1v) is 15.7. The lowest BCUT2D eigenvalue weighted by Gasteiger charge is -2.44. The van der Waals surface area contributed by atoms with Crippen LogP contribution in [-0.4, -0.2) is 76.3 Å². The van der Waals surface area contributed by atoms with E-state index >= 15 is 0 Å². The standard InChI is InChI=1S/C27H39BrO11S/c1-14-15(2)19(13-32-40(29,30)39-18-10-8-17(28)9-11-18)33-24(16(14)3)31-12-20-21-22(36-26(4,5)35-21)23-25(34-20)38-27(6,7)37-23/h8-11,14-16,19-25H,12-13H2,1-7H3/t14-,15-,16?,19?,20?,21-,22-,23?,24?,25+/m0/s1. The summed E-state index contributed by atoms with van der Waals surface area (Å²) in [7, 11) is -4.30. The third-order valence-electron chi connectivity index (χ3n) is 8.05. The molecule has 1 aromatic carbocycles. The maximum absolute atomic E-state index is 12.5. The molecule has 4 fully saturated rings. The summed E-state index contributed by atoms with van der Waals surface area (Å²) in [5.74, 6) is -1.29. The van der Waals surface area contributed by atoms with Crippen LogP contribution in [0.3, 0.4) is 0 Å². The fourth-order valence-corrected chi connectivity index (χ4v) is 6.63.